The maximum Gasteiger partial charge on any atom is 0.335 e. The van der Waals surface area contributed by atoms with Gasteiger partial charge in [0.15, 0.2) is 6.29 Å². The second-order valence-electron chi connectivity index (χ2n) is 13.3. The molecule has 1 saturated heterocycles. The number of aliphatic hydroxyl groups excluding tert-OH is 4. The number of ether oxygens (including phenoxy) is 2. The molecule has 13 atom stereocenters. The van der Waals surface area contributed by atoms with Crippen molar-refractivity contribution in [2.24, 2.45) is 22.7 Å². The molecule has 3 saturated carbocycles. The van der Waals surface area contributed by atoms with Crippen LogP contribution in [-0.2, 0) is 9.47 Å². The Morgan fingerprint density at radius 1 is 0.974 bits per heavy atom. The highest BCUT2D eigenvalue weighted by Crippen LogP contribution is 2.70. The molecule has 4 fully saturated rings. The van der Waals surface area contributed by atoms with E-state index in [1.165, 1.54) is 17.9 Å². The lowest BCUT2D eigenvalue weighted by Gasteiger charge is -2.61. The highest BCUT2D eigenvalue weighted by Gasteiger charge is 2.69. The minimum Gasteiger partial charge on any atom is -0.431 e. The molecule has 5 N–H and O–H groups in total. The zero-order valence-electron chi connectivity index (χ0n) is 22.9. The molecular formula is C30H42O9. The van der Waals surface area contributed by atoms with Crippen LogP contribution in [-0.4, -0.2) is 74.0 Å². The molecule has 0 spiro atoms. The standard InChI is InChI=1S/C30H42O9/c1-15-24(33)25(34)26(35)27(38-15)39-18-8-10-28(2)17(12-18)5-6-20-19(28)9-11-29(3)23(21(31)13-30(20,29)36)16-4-7-22(32)37-14-16/h4,7,12,14-15,18-21,23-27,31,33-36H,5-6,8-11,13H2,1-3H3. The van der Waals surface area contributed by atoms with Gasteiger partial charge in [0.2, 0.25) is 0 Å². The molecule has 0 radical (unpaired) electrons. The van der Waals surface area contributed by atoms with Crippen molar-refractivity contribution in [2.45, 2.75) is 120 Å². The number of rotatable bonds is 3. The first kappa shape index (κ1) is 27.6. The fourth-order valence-electron chi connectivity index (χ4n) is 9.25. The van der Waals surface area contributed by atoms with E-state index in [1.54, 1.807) is 13.0 Å². The normalized spacial score (nSPS) is 51.4. The minimum absolute atomic E-state index is 0.0345. The van der Waals surface area contributed by atoms with Gasteiger partial charge in [0, 0.05) is 23.8 Å². The van der Waals surface area contributed by atoms with Crippen molar-refractivity contribution in [1.82, 2.24) is 0 Å². The van der Waals surface area contributed by atoms with Crippen molar-refractivity contribution in [3.63, 3.8) is 0 Å². The van der Waals surface area contributed by atoms with Crippen molar-refractivity contribution in [1.29, 1.82) is 0 Å². The van der Waals surface area contributed by atoms with Crippen LogP contribution in [0.25, 0.3) is 0 Å². The van der Waals surface area contributed by atoms with Crippen LogP contribution in [0.1, 0.15) is 77.2 Å². The van der Waals surface area contributed by atoms with E-state index < -0.39 is 53.5 Å². The van der Waals surface area contributed by atoms with Crippen LogP contribution in [0.4, 0.5) is 0 Å². The lowest BCUT2D eigenvalue weighted by atomic mass is 9.45. The van der Waals surface area contributed by atoms with Gasteiger partial charge in [-0.25, -0.2) is 4.79 Å². The molecule has 9 heteroatoms. The van der Waals surface area contributed by atoms with Gasteiger partial charge in [0.25, 0.3) is 0 Å². The molecule has 1 aromatic rings. The topological polar surface area (TPSA) is 150 Å². The number of allylic oxidation sites excluding steroid dienone is 1. The van der Waals surface area contributed by atoms with Crippen LogP contribution in [0.2, 0.25) is 0 Å². The Morgan fingerprint density at radius 2 is 1.74 bits per heavy atom. The van der Waals surface area contributed by atoms with E-state index in [1.807, 2.05) is 0 Å². The summed E-state index contributed by atoms with van der Waals surface area (Å²) in [6.07, 6.45) is 2.27. The van der Waals surface area contributed by atoms with Gasteiger partial charge in [-0.1, -0.05) is 25.5 Å². The number of fused-ring (bicyclic) bond motifs is 5. The van der Waals surface area contributed by atoms with Gasteiger partial charge in [-0.3, -0.25) is 0 Å². The number of aliphatic hydroxyl groups is 5. The average molecular weight is 547 g/mol. The summed E-state index contributed by atoms with van der Waals surface area (Å²) in [5.74, 6) is -0.0169. The molecule has 1 aromatic heterocycles. The van der Waals surface area contributed by atoms with E-state index in [4.69, 9.17) is 13.9 Å². The molecule has 39 heavy (non-hydrogen) atoms. The van der Waals surface area contributed by atoms with Gasteiger partial charge in [-0.05, 0) is 74.3 Å². The summed E-state index contributed by atoms with van der Waals surface area (Å²) in [7, 11) is 0. The fourth-order valence-corrected chi connectivity index (χ4v) is 9.25. The molecule has 216 valence electrons. The molecular weight excluding hydrogens is 504 g/mol. The molecule has 0 aromatic carbocycles. The van der Waals surface area contributed by atoms with Crippen LogP contribution in [0.5, 0.6) is 0 Å². The molecule has 2 heterocycles. The summed E-state index contributed by atoms with van der Waals surface area (Å²) in [5, 5.41) is 54.3. The third kappa shape index (κ3) is 4.03. The van der Waals surface area contributed by atoms with Crippen LogP contribution in [0.3, 0.4) is 0 Å². The van der Waals surface area contributed by atoms with E-state index in [0.29, 0.717) is 12.8 Å². The second-order valence-corrected chi connectivity index (χ2v) is 13.3. The van der Waals surface area contributed by atoms with Gasteiger partial charge in [0.1, 0.15) is 18.3 Å². The van der Waals surface area contributed by atoms with Gasteiger partial charge in [-0.15, -0.1) is 0 Å². The minimum atomic E-state index is -1.33. The monoisotopic (exact) mass is 546 g/mol. The first-order valence-electron chi connectivity index (χ1n) is 14.4. The summed E-state index contributed by atoms with van der Waals surface area (Å²) in [6, 6.07) is 3.11. The fraction of sp³-hybridized carbons (Fsp3) is 0.767. The summed E-state index contributed by atoms with van der Waals surface area (Å²) in [5.41, 5.74) is -0.0587. The lowest BCUT2D eigenvalue weighted by molar-refractivity contribution is -0.301. The van der Waals surface area contributed by atoms with Crippen molar-refractivity contribution in [3.05, 3.63) is 46.0 Å². The SMILES string of the molecule is CC1OC(OC2C=C3CCC4C(CCC5(C)C(c6ccc(=O)oc6)C(O)CC45O)C3(C)CC2)C(O)C(O)C1O. The van der Waals surface area contributed by atoms with E-state index in [0.717, 1.165) is 37.7 Å². The Labute approximate surface area is 228 Å². The quantitative estimate of drug-likeness (QED) is 0.359. The molecule has 5 aliphatic rings. The first-order chi connectivity index (χ1) is 18.4. The van der Waals surface area contributed by atoms with Crippen molar-refractivity contribution in [3.8, 4) is 0 Å². The maximum absolute atomic E-state index is 12.4. The molecule has 6 rings (SSSR count). The third-order valence-corrected chi connectivity index (χ3v) is 11.5. The summed E-state index contributed by atoms with van der Waals surface area (Å²) >= 11 is 0. The third-order valence-electron chi connectivity index (χ3n) is 11.5. The molecule has 0 bridgehead atoms. The van der Waals surface area contributed by atoms with Crippen LogP contribution in [0, 0.1) is 22.7 Å². The Kier molecular flexibility index (Phi) is 6.70. The lowest BCUT2D eigenvalue weighted by Crippen LogP contribution is -2.60. The molecule has 0 amide bonds. The molecule has 9 nitrogen and oxygen atoms in total. The smallest absolute Gasteiger partial charge is 0.335 e. The van der Waals surface area contributed by atoms with E-state index in [2.05, 4.69) is 19.9 Å². The zero-order valence-corrected chi connectivity index (χ0v) is 22.9. The Bertz CT molecular complexity index is 1160. The molecule has 1 aliphatic heterocycles. The predicted molar refractivity (Wildman–Crippen MR) is 140 cm³/mol. The van der Waals surface area contributed by atoms with Crippen molar-refractivity contribution < 1.29 is 39.4 Å². The summed E-state index contributed by atoms with van der Waals surface area (Å²) < 4.78 is 16.9. The second kappa shape index (κ2) is 9.48. The Morgan fingerprint density at radius 3 is 2.46 bits per heavy atom. The Balaban J connectivity index is 1.23. The summed E-state index contributed by atoms with van der Waals surface area (Å²) in [6.45, 7) is 6.03. The predicted octanol–water partition coefficient (Wildman–Crippen LogP) is 1.98. The number of hydrogen-bond donors (Lipinski definition) is 5. The van der Waals surface area contributed by atoms with Gasteiger partial charge >= 0.3 is 5.63 Å². The van der Waals surface area contributed by atoms with Crippen LogP contribution >= 0.6 is 0 Å². The van der Waals surface area contributed by atoms with E-state index in [9.17, 15) is 30.3 Å². The summed E-state index contributed by atoms with van der Waals surface area (Å²) in [4.78, 5) is 11.6. The Hall–Kier alpha value is -1.59. The highest BCUT2D eigenvalue weighted by atomic mass is 16.7. The first-order valence-corrected chi connectivity index (χ1v) is 14.4. The number of hydrogen-bond acceptors (Lipinski definition) is 9. The van der Waals surface area contributed by atoms with E-state index >= 15 is 0 Å². The van der Waals surface area contributed by atoms with Gasteiger partial charge in [-0.2, -0.15) is 0 Å². The molecule has 4 aliphatic carbocycles. The van der Waals surface area contributed by atoms with Crippen LogP contribution in [0.15, 0.2) is 39.3 Å². The van der Waals surface area contributed by atoms with Gasteiger partial charge in [0.05, 0.1) is 30.2 Å². The van der Waals surface area contributed by atoms with Gasteiger partial charge < -0.3 is 39.4 Å². The van der Waals surface area contributed by atoms with E-state index in [-0.39, 0.29) is 29.3 Å². The van der Waals surface area contributed by atoms with Crippen molar-refractivity contribution >= 4 is 0 Å². The molecule has 13 unspecified atom stereocenters. The largest absolute Gasteiger partial charge is 0.431 e. The van der Waals surface area contributed by atoms with Crippen LogP contribution < -0.4 is 5.63 Å². The van der Waals surface area contributed by atoms with Crippen molar-refractivity contribution in [2.75, 3.05) is 0 Å². The maximum atomic E-state index is 12.4. The highest BCUT2D eigenvalue weighted by molar-refractivity contribution is 5.32. The zero-order chi connectivity index (χ0) is 27.9. The average Bonchev–Trinajstić information content (AvgIpc) is 3.11.